The van der Waals surface area contributed by atoms with E-state index >= 15 is 0 Å². The lowest BCUT2D eigenvalue weighted by atomic mass is 9.78. The first-order valence-corrected chi connectivity index (χ1v) is 9.54. The van der Waals surface area contributed by atoms with Gasteiger partial charge in [0.2, 0.25) is 0 Å². The highest BCUT2D eigenvalue weighted by molar-refractivity contribution is 7.90. The lowest BCUT2D eigenvalue weighted by Gasteiger charge is -2.35. The molecule has 0 bridgehead atoms. The fourth-order valence-electron chi connectivity index (χ4n) is 3.24. The van der Waals surface area contributed by atoms with E-state index in [0.29, 0.717) is 23.6 Å². The van der Waals surface area contributed by atoms with Crippen molar-refractivity contribution in [2.24, 2.45) is 11.8 Å². The van der Waals surface area contributed by atoms with E-state index in [9.17, 15) is 8.42 Å². The van der Waals surface area contributed by atoms with E-state index in [4.69, 9.17) is 5.73 Å². The van der Waals surface area contributed by atoms with E-state index < -0.39 is 9.84 Å². The number of benzene rings is 1. The summed E-state index contributed by atoms with van der Waals surface area (Å²) in [6.45, 7) is 4.53. The fraction of sp³-hybridized carbons (Fsp3) is 0.625. The summed E-state index contributed by atoms with van der Waals surface area (Å²) >= 11 is 0. The maximum Gasteiger partial charge on any atom is 0.175 e. The molecule has 1 aliphatic rings. The number of nitrogens with one attached hydrogen (secondary N) is 1. The number of anilines is 2. The van der Waals surface area contributed by atoms with Gasteiger partial charge >= 0.3 is 0 Å². The summed E-state index contributed by atoms with van der Waals surface area (Å²) in [5.74, 6) is 1.28. The number of nitrogens with two attached hydrogens (primary N) is 1. The minimum Gasteiger partial charge on any atom is -0.397 e. The van der Waals surface area contributed by atoms with Crippen molar-refractivity contribution in [1.29, 1.82) is 0 Å². The van der Waals surface area contributed by atoms with Crippen LogP contribution in [-0.2, 0) is 9.84 Å². The maximum atomic E-state index is 11.6. The van der Waals surface area contributed by atoms with Crippen LogP contribution in [0.25, 0.3) is 0 Å². The molecule has 0 spiro atoms. The highest BCUT2D eigenvalue weighted by Crippen LogP contribution is 2.34. The maximum absolute atomic E-state index is 11.6. The first kappa shape index (κ1) is 16.1. The minimum atomic E-state index is -3.21. The average molecular weight is 310 g/mol. The molecule has 2 unspecified atom stereocenters. The van der Waals surface area contributed by atoms with Gasteiger partial charge in [-0.15, -0.1) is 0 Å². The zero-order chi connectivity index (χ0) is 15.6. The predicted octanol–water partition coefficient (Wildman–Crippen LogP) is 3.30. The Hall–Kier alpha value is -1.23. The molecule has 1 aliphatic carbocycles. The molecule has 0 aromatic heterocycles. The molecular weight excluding hydrogens is 284 g/mol. The normalized spacial score (nSPS) is 23.2. The van der Waals surface area contributed by atoms with Crippen LogP contribution in [0, 0.1) is 11.8 Å². The van der Waals surface area contributed by atoms with E-state index in [1.165, 1.54) is 25.5 Å². The summed E-state index contributed by atoms with van der Waals surface area (Å²) in [5, 5.41) is 3.54. The quantitative estimate of drug-likeness (QED) is 0.837. The van der Waals surface area contributed by atoms with Crippen molar-refractivity contribution < 1.29 is 8.42 Å². The van der Waals surface area contributed by atoms with E-state index in [0.717, 1.165) is 12.1 Å². The Labute approximate surface area is 128 Å². The summed E-state index contributed by atoms with van der Waals surface area (Å²) in [5.41, 5.74) is 7.38. The van der Waals surface area contributed by atoms with Crippen molar-refractivity contribution in [1.82, 2.24) is 0 Å². The lowest BCUT2D eigenvalue weighted by Crippen LogP contribution is -2.35. The number of rotatable bonds is 4. The number of sulfone groups is 1. The first-order valence-electron chi connectivity index (χ1n) is 7.65. The van der Waals surface area contributed by atoms with E-state index in [1.54, 1.807) is 18.2 Å². The third-order valence-corrected chi connectivity index (χ3v) is 5.58. The van der Waals surface area contributed by atoms with Crippen LogP contribution in [0.4, 0.5) is 11.4 Å². The molecule has 1 saturated carbocycles. The van der Waals surface area contributed by atoms with Gasteiger partial charge in [0.15, 0.2) is 9.84 Å². The van der Waals surface area contributed by atoms with Crippen molar-refractivity contribution in [2.75, 3.05) is 17.3 Å². The number of hydrogen-bond acceptors (Lipinski definition) is 4. The van der Waals surface area contributed by atoms with Crippen LogP contribution < -0.4 is 11.1 Å². The Bertz CT molecular complexity index is 596. The fourth-order valence-corrected chi connectivity index (χ4v) is 3.90. The van der Waals surface area contributed by atoms with Crippen molar-refractivity contribution in [3.8, 4) is 0 Å². The van der Waals surface area contributed by atoms with Gasteiger partial charge in [-0.2, -0.15) is 0 Å². The molecular formula is C16H26N2O2S. The van der Waals surface area contributed by atoms with Gasteiger partial charge in [-0.3, -0.25) is 0 Å². The summed E-state index contributed by atoms with van der Waals surface area (Å²) < 4.78 is 23.1. The molecule has 2 rings (SSSR count). The summed E-state index contributed by atoms with van der Waals surface area (Å²) in [4.78, 5) is 0.273. The molecule has 118 valence electrons. The summed E-state index contributed by atoms with van der Waals surface area (Å²) in [6, 6.07) is 5.38. The van der Waals surface area contributed by atoms with Crippen LogP contribution in [0.15, 0.2) is 23.1 Å². The van der Waals surface area contributed by atoms with Gasteiger partial charge in [-0.25, -0.2) is 8.42 Å². The first-order chi connectivity index (χ1) is 9.79. The molecule has 0 aliphatic heterocycles. The van der Waals surface area contributed by atoms with Crippen molar-refractivity contribution in [2.45, 2.75) is 50.5 Å². The van der Waals surface area contributed by atoms with Gasteiger partial charge in [-0.1, -0.05) is 26.7 Å². The van der Waals surface area contributed by atoms with Crippen LogP contribution in [0.5, 0.6) is 0 Å². The number of nitrogen functional groups attached to an aromatic ring is 1. The molecule has 0 radical (unpaired) electrons. The second-order valence-electron chi connectivity index (χ2n) is 6.46. The van der Waals surface area contributed by atoms with Gasteiger partial charge in [-0.05, 0) is 42.9 Å². The lowest BCUT2D eigenvalue weighted by molar-refractivity contribution is 0.254. The summed E-state index contributed by atoms with van der Waals surface area (Å²) in [7, 11) is -3.21. The van der Waals surface area contributed by atoms with Crippen LogP contribution in [0.2, 0.25) is 0 Å². The van der Waals surface area contributed by atoms with Gasteiger partial charge in [0.1, 0.15) is 0 Å². The van der Waals surface area contributed by atoms with Gasteiger partial charge in [0.05, 0.1) is 16.3 Å². The minimum absolute atomic E-state index is 0.273. The van der Waals surface area contributed by atoms with Crippen molar-refractivity contribution >= 4 is 21.2 Å². The third kappa shape index (κ3) is 3.90. The Balaban J connectivity index is 2.19. The molecule has 21 heavy (non-hydrogen) atoms. The SMILES string of the molecule is CC(C)C1CCCCC1Nc1ccc(S(C)(=O)=O)cc1N. The second-order valence-corrected chi connectivity index (χ2v) is 8.48. The molecule has 5 heteroatoms. The van der Waals surface area contributed by atoms with E-state index in [-0.39, 0.29) is 4.90 Å². The summed E-state index contributed by atoms with van der Waals surface area (Å²) in [6.07, 6.45) is 6.13. The molecule has 0 amide bonds. The molecule has 2 atom stereocenters. The van der Waals surface area contributed by atoms with Crippen molar-refractivity contribution in [3.05, 3.63) is 18.2 Å². The molecule has 4 nitrogen and oxygen atoms in total. The molecule has 0 heterocycles. The van der Waals surface area contributed by atoms with E-state index in [2.05, 4.69) is 19.2 Å². The monoisotopic (exact) mass is 310 g/mol. The van der Waals surface area contributed by atoms with Gasteiger partial charge in [0, 0.05) is 12.3 Å². The van der Waals surface area contributed by atoms with Crippen LogP contribution in [0.3, 0.4) is 0 Å². The molecule has 3 N–H and O–H groups in total. The highest BCUT2D eigenvalue weighted by Gasteiger charge is 2.27. The zero-order valence-corrected chi connectivity index (χ0v) is 13.9. The smallest absolute Gasteiger partial charge is 0.175 e. The highest BCUT2D eigenvalue weighted by atomic mass is 32.2. The van der Waals surface area contributed by atoms with Crippen LogP contribution in [0.1, 0.15) is 39.5 Å². The Morgan fingerprint density at radius 3 is 2.48 bits per heavy atom. The topological polar surface area (TPSA) is 72.2 Å². The zero-order valence-electron chi connectivity index (χ0n) is 13.1. The van der Waals surface area contributed by atoms with Crippen molar-refractivity contribution in [3.63, 3.8) is 0 Å². The number of hydrogen-bond donors (Lipinski definition) is 2. The largest absolute Gasteiger partial charge is 0.397 e. The van der Waals surface area contributed by atoms with Gasteiger partial charge < -0.3 is 11.1 Å². The molecule has 1 aromatic rings. The Morgan fingerprint density at radius 1 is 1.24 bits per heavy atom. The molecule has 1 fully saturated rings. The Morgan fingerprint density at radius 2 is 1.90 bits per heavy atom. The standard InChI is InChI=1S/C16H26N2O2S/c1-11(2)13-6-4-5-7-15(13)18-16-9-8-12(10-14(16)17)21(3,19)20/h8-11,13,15,18H,4-7,17H2,1-3H3. The Kier molecular flexibility index (Phi) is 4.81. The van der Waals surface area contributed by atoms with Crippen LogP contribution >= 0.6 is 0 Å². The molecule has 0 saturated heterocycles. The average Bonchev–Trinajstić information content (AvgIpc) is 2.40. The predicted molar refractivity (Wildman–Crippen MR) is 88.2 cm³/mol. The van der Waals surface area contributed by atoms with Crippen LogP contribution in [-0.4, -0.2) is 20.7 Å². The molecule has 1 aromatic carbocycles. The van der Waals surface area contributed by atoms with E-state index in [1.807, 2.05) is 0 Å². The van der Waals surface area contributed by atoms with Gasteiger partial charge in [0.25, 0.3) is 0 Å². The second kappa shape index (κ2) is 6.26. The third-order valence-electron chi connectivity index (χ3n) is 4.47.